The molecule has 0 aliphatic carbocycles. The van der Waals surface area contributed by atoms with Gasteiger partial charge in [0.1, 0.15) is 0 Å². The highest BCUT2D eigenvalue weighted by molar-refractivity contribution is 8.00. The molecule has 22 heavy (non-hydrogen) atoms. The minimum atomic E-state index is -3.09. The monoisotopic (exact) mass is 350 g/mol. The topological polar surface area (TPSA) is 73.8 Å². The summed E-state index contributed by atoms with van der Waals surface area (Å²) in [7, 11) is -1.34. The van der Waals surface area contributed by atoms with Crippen molar-refractivity contribution >= 4 is 27.7 Å². The largest absolute Gasteiger partial charge is 0.356 e. The van der Waals surface area contributed by atoms with E-state index in [9.17, 15) is 8.42 Å². The Morgan fingerprint density at radius 3 is 2.64 bits per heavy atom. The Labute approximate surface area is 139 Å². The number of sulfonamides is 1. The van der Waals surface area contributed by atoms with E-state index in [1.165, 1.54) is 29.2 Å². The zero-order chi connectivity index (χ0) is 16.6. The fourth-order valence-electron chi connectivity index (χ4n) is 2.49. The van der Waals surface area contributed by atoms with Gasteiger partial charge in [-0.05, 0) is 31.9 Å². The van der Waals surface area contributed by atoms with Crippen LogP contribution in [0, 0.1) is 0 Å². The number of nitrogens with zero attached hydrogens (tertiary/aromatic N) is 2. The Balaban J connectivity index is 2.27. The molecule has 1 aliphatic heterocycles. The minimum Gasteiger partial charge on any atom is -0.356 e. The highest BCUT2D eigenvalue weighted by Crippen LogP contribution is 2.36. The fraction of sp³-hybridized carbons (Fsp3) is 0.929. The maximum absolute atomic E-state index is 11.5. The van der Waals surface area contributed by atoms with Gasteiger partial charge in [-0.2, -0.15) is 11.8 Å². The standard InChI is InChI=1S/C14H30N4O2S2/c1-5-18(22(4,19)20)10-7-9-16-13(15-3)17-12-14(2)8-6-11-21-14/h5-12H2,1-4H3,(H2,15,16,17). The van der Waals surface area contributed by atoms with Crippen LogP contribution in [0.3, 0.4) is 0 Å². The summed E-state index contributed by atoms with van der Waals surface area (Å²) in [4.78, 5) is 4.22. The Kier molecular flexibility index (Phi) is 7.99. The van der Waals surface area contributed by atoms with E-state index in [1.807, 2.05) is 18.7 Å². The normalized spacial score (nSPS) is 23.0. The van der Waals surface area contributed by atoms with Crippen molar-refractivity contribution in [1.29, 1.82) is 0 Å². The first-order valence-corrected chi connectivity index (χ1v) is 10.7. The van der Waals surface area contributed by atoms with Gasteiger partial charge in [0.15, 0.2) is 5.96 Å². The molecular weight excluding hydrogens is 320 g/mol. The summed E-state index contributed by atoms with van der Waals surface area (Å²) >= 11 is 2.02. The molecule has 1 unspecified atom stereocenters. The number of guanidine groups is 1. The molecule has 1 aliphatic rings. The lowest BCUT2D eigenvalue weighted by molar-refractivity contribution is 0.424. The van der Waals surface area contributed by atoms with Crippen molar-refractivity contribution in [2.45, 2.75) is 37.9 Å². The fourth-order valence-corrected chi connectivity index (χ4v) is 4.66. The number of nitrogens with one attached hydrogen (secondary N) is 2. The van der Waals surface area contributed by atoms with Crippen molar-refractivity contribution in [3.8, 4) is 0 Å². The minimum absolute atomic E-state index is 0.299. The summed E-state index contributed by atoms with van der Waals surface area (Å²) in [5.41, 5.74) is 0. The van der Waals surface area contributed by atoms with Crippen LogP contribution in [-0.2, 0) is 10.0 Å². The van der Waals surface area contributed by atoms with Crippen LogP contribution in [0.15, 0.2) is 4.99 Å². The van der Waals surface area contributed by atoms with Gasteiger partial charge in [-0.15, -0.1) is 0 Å². The lowest BCUT2D eigenvalue weighted by Gasteiger charge is -2.24. The second-order valence-corrected chi connectivity index (χ2v) is 9.53. The number of aliphatic imine (C=N–C) groups is 1. The first kappa shape index (κ1) is 19.6. The number of hydrogen-bond donors (Lipinski definition) is 2. The van der Waals surface area contributed by atoms with Crippen LogP contribution in [0.4, 0.5) is 0 Å². The third-order valence-corrected chi connectivity index (χ3v) is 6.77. The molecule has 0 spiro atoms. The van der Waals surface area contributed by atoms with E-state index >= 15 is 0 Å². The van der Waals surface area contributed by atoms with Gasteiger partial charge in [0.25, 0.3) is 0 Å². The van der Waals surface area contributed by atoms with Gasteiger partial charge in [0.05, 0.1) is 6.26 Å². The molecule has 0 aromatic heterocycles. The van der Waals surface area contributed by atoms with Gasteiger partial charge in [-0.1, -0.05) is 6.92 Å². The van der Waals surface area contributed by atoms with E-state index in [1.54, 1.807) is 7.05 Å². The van der Waals surface area contributed by atoms with Crippen LogP contribution in [0.25, 0.3) is 0 Å². The number of thioether (sulfide) groups is 1. The maximum atomic E-state index is 11.5. The molecule has 0 radical (unpaired) electrons. The van der Waals surface area contributed by atoms with Crippen LogP contribution in [0.5, 0.6) is 0 Å². The molecule has 0 aromatic carbocycles. The van der Waals surface area contributed by atoms with E-state index < -0.39 is 10.0 Å². The van der Waals surface area contributed by atoms with Gasteiger partial charge in [0.2, 0.25) is 10.0 Å². The molecule has 1 fully saturated rings. The Morgan fingerprint density at radius 2 is 2.14 bits per heavy atom. The van der Waals surface area contributed by atoms with Crippen molar-refractivity contribution in [3.05, 3.63) is 0 Å². The summed E-state index contributed by atoms with van der Waals surface area (Å²) in [6.07, 6.45) is 4.53. The van der Waals surface area contributed by atoms with Crippen molar-refractivity contribution in [1.82, 2.24) is 14.9 Å². The molecule has 1 rings (SSSR count). The molecule has 2 N–H and O–H groups in total. The predicted octanol–water partition coefficient (Wildman–Crippen LogP) is 1.11. The first-order chi connectivity index (χ1) is 10.3. The Bertz CT molecular complexity index is 459. The molecule has 6 nitrogen and oxygen atoms in total. The average Bonchev–Trinajstić information content (AvgIpc) is 2.88. The summed E-state index contributed by atoms with van der Waals surface area (Å²) in [5, 5.41) is 6.62. The summed E-state index contributed by atoms with van der Waals surface area (Å²) in [6.45, 7) is 6.80. The lowest BCUT2D eigenvalue weighted by Crippen LogP contribution is -2.44. The zero-order valence-corrected chi connectivity index (χ0v) is 15.8. The Morgan fingerprint density at radius 1 is 1.41 bits per heavy atom. The van der Waals surface area contributed by atoms with Crippen LogP contribution >= 0.6 is 11.8 Å². The van der Waals surface area contributed by atoms with Gasteiger partial charge in [-0.3, -0.25) is 4.99 Å². The van der Waals surface area contributed by atoms with Gasteiger partial charge in [0, 0.05) is 38.0 Å². The van der Waals surface area contributed by atoms with Crippen molar-refractivity contribution < 1.29 is 8.42 Å². The summed E-state index contributed by atoms with van der Waals surface area (Å²) in [6, 6.07) is 0. The predicted molar refractivity (Wildman–Crippen MR) is 96.2 cm³/mol. The van der Waals surface area contributed by atoms with Crippen LogP contribution in [0.1, 0.15) is 33.1 Å². The first-order valence-electron chi connectivity index (χ1n) is 7.84. The van der Waals surface area contributed by atoms with Crippen LogP contribution in [0.2, 0.25) is 0 Å². The lowest BCUT2D eigenvalue weighted by atomic mass is 10.1. The van der Waals surface area contributed by atoms with Crippen molar-refractivity contribution in [3.63, 3.8) is 0 Å². The van der Waals surface area contributed by atoms with E-state index in [2.05, 4.69) is 22.5 Å². The quantitative estimate of drug-likeness (QED) is 0.390. The molecule has 1 heterocycles. The van der Waals surface area contributed by atoms with Crippen LogP contribution < -0.4 is 10.6 Å². The van der Waals surface area contributed by atoms with E-state index in [4.69, 9.17) is 0 Å². The SMILES string of the molecule is CCN(CCCNC(=NC)NCC1(C)CCCS1)S(C)(=O)=O. The Hall–Kier alpha value is -0.470. The molecule has 0 saturated carbocycles. The highest BCUT2D eigenvalue weighted by atomic mass is 32.2. The van der Waals surface area contributed by atoms with Gasteiger partial charge >= 0.3 is 0 Å². The third kappa shape index (κ3) is 6.75. The summed E-state index contributed by atoms with van der Waals surface area (Å²) in [5.74, 6) is 2.03. The molecule has 0 bridgehead atoms. The van der Waals surface area contributed by atoms with Gasteiger partial charge in [-0.25, -0.2) is 12.7 Å². The van der Waals surface area contributed by atoms with E-state index in [0.29, 0.717) is 24.4 Å². The maximum Gasteiger partial charge on any atom is 0.211 e. The van der Waals surface area contributed by atoms with Crippen molar-refractivity contribution in [2.24, 2.45) is 4.99 Å². The average molecular weight is 351 g/mol. The highest BCUT2D eigenvalue weighted by Gasteiger charge is 2.29. The molecule has 1 saturated heterocycles. The van der Waals surface area contributed by atoms with E-state index in [-0.39, 0.29) is 0 Å². The third-order valence-electron chi connectivity index (χ3n) is 3.85. The zero-order valence-electron chi connectivity index (χ0n) is 14.2. The molecular formula is C14H30N4O2S2. The van der Waals surface area contributed by atoms with Crippen LogP contribution in [-0.4, -0.2) is 68.7 Å². The second kappa shape index (κ2) is 8.98. The molecule has 0 amide bonds. The van der Waals surface area contributed by atoms with Crippen molar-refractivity contribution in [2.75, 3.05) is 45.2 Å². The molecule has 0 aromatic rings. The molecule has 1 atom stereocenters. The number of rotatable bonds is 8. The number of hydrogen-bond acceptors (Lipinski definition) is 4. The summed E-state index contributed by atoms with van der Waals surface area (Å²) < 4.78 is 24.8. The van der Waals surface area contributed by atoms with Gasteiger partial charge < -0.3 is 10.6 Å². The van der Waals surface area contributed by atoms with E-state index in [0.717, 1.165) is 18.9 Å². The smallest absolute Gasteiger partial charge is 0.211 e. The second-order valence-electron chi connectivity index (χ2n) is 5.86. The molecule has 8 heteroatoms. The molecule has 130 valence electrons.